The van der Waals surface area contributed by atoms with E-state index >= 15 is 0 Å². The van der Waals surface area contributed by atoms with Crippen molar-refractivity contribution >= 4 is 12.3 Å². The van der Waals surface area contributed by atoms with Crippen LogP contribution in [-0.4, -0.2) is 28.6 Å². The second-order valence-electron chi connectivity index (χ2n) is 1.78. The van der Waals surface area contributed by atoms with Crippen LogP contribution >= 0.6 is 0 Å². The minimum Gasteiger partial charge on any atom is -0.478 e. The Balaban J connectivity index is 4.15. The summed E-state index contributed by atoms with van der Waals surface area (Å²) in [5.41, 5.74) is -0.0420. The van der Waals surface area contributed by atoms with Crippen molar-refractivity contribution in [3.05, 3.63) is 11.6 Å². The van der Waals surface area contributed by atoms with Gasteiger partial charge in [0.15, 0.2) is 6.29 Å². The summed E-state index contributed by atoms with van der Waals surface area (Å²) in [4.78, 5) is 19.8. The van der Waals surface area contributed by atoms with Gasteiger partial charge in [0, 0.05) is 5.57 Å². The summed E-state index contributed by atoms with van der Waals surface area (Å²) in [6.45, 7) is 1.30. The summed E-state index contributed by atoms with van der Waals surface area (Å²) in [7, 11) is 0. The Kier molecular flexibility index (Phi) is 3.35. The van der Waals surface area contributed by atoms with Crippen LogP contribution in [0, 0.1) is 0 Å². The highest BCUT2D eigenvalue weighted by Gasteiger charge is 2.02. The van der Waals surface area contributed by atoms with Crippen molar-refractivity contribution in [2.24, 2.45) is 0 Å². The van der Waals surface area contributed by atoms with E-state index in [4.69, 9.17) is 10.2 Å². The first-order chi connectivity index (χ1) is 4.57. The van der Waals surface area contributed by atoms with Crippen LogP contribution < -0.4 is 0 Å². The van der Waals surface area contributed by atoms with Crippen LogP contribution in [0.25, 0.3) is 0 Å². The number of carboxylic acid groups (broad SMARTS) is 1. The fourth-order valence-electron chi connectivity index (χ4n) is 0.367. The molecular formula is C6H8O4. The van der Waals surface area contributed by atoms with Gasteiger partial charge in [-0.1, -0.05) is 0 Å². The number of rotatable bonds is 3. The van der Waals surface area contributed by atoms with Crippen molar-refractivity contribution in [3.63, 3.8) is 0 Å². The molecule has 0 aromatic rings. The Morgan fingerprint density at radius 1 is 1.60 bits per heavy atom. The van der Waals surface area contributed by atoms with Gasteiger partial charge < -0.3 is 15.0 Å². The van der Waals surface area contributed by atoms with E-state index in [-0.39, 0.29) is 11.9 Å². The lowest BCUT2D eigenvalue weighted by molar-refractivity contribution is -0.132. The minimum atomic E-state index is -1.31. The van der Waals surface area contributed by atoms with E-state index in [1.807, 2.05) is 0 Å². The summed E-state index contributed by atoms with van der Waals surface area (Å²) in [5, 5.41) is 16.8. The predicted molar refractivity (Wildman–Crippen MR) is 33.5 cm³/mol. The van der Waals surface area contributed by atoms with Crippen LogP contribution in [0.15, 0.2) is 11.6 Å². The molecule has 0 radical (unpaired) electrons. The van der Waals surface area contributed by atoms with Crippen molar-refractivity contribution < 1.29 is 19.8 Å². The van der Waals surface area contributed by atoms with Gasteiger partial charge in [-0.3, -0.25) is 0 Å². The molecule has 2 N–H and O–H groups in total. The highest BCUT2D eigenvalue weighted by Crippen LogP contribution is 1.93. The summed E-state index contributed by atoms with van der Waals surface area (Å²) in [5.74, 6) is -1.14. The van der Waals surface area contributed by atoms with E-state index in [0.29, 0.717) is 0 Å². The fourth-order valence-corrected chi connectivity index (χ4v) is 0.367. The molecule has 0 aromatic heterocycles. The molecule has 0 bridgehead atoms. The third-order valence-corrected chi connectivity index (χ3v) is 0.898. The Labute approximate surface area is 57.8 Å². The molecule has 0 aliphatic rings. The van der Waals surface area contributed by atoms with E-state index < -0.39 is 12.1 Å². The average Bonchev–Trinajstić information content (AvgIpc) is 1.87. The van der Waals surface area contributed by atoms with Crippen LogP contribution in [0.2, 0.25) is 0 Å². The maximum Gasteiger partial charge on any atom is 0.331 e. The van der Waals surface area contributed by atoms with E-state index in [1.54, 1.807) is 0 Å². The van der Waals surface area contributed by atoms with Gasteiger partial charge in [-0.25, -0.2) is 4.79 Å². The van der Waals surface area contributed by atoms with Gasteiger partial charge in [0.1, 0.15) is 6.10 Å². The van der Waals surface area contributed by atoms with Gasteiger partial charge in [-0.15, -0.1) is 0 Å². The molecule has 4 nitrogen and oxygen atoms in total. The Bertz CT molecular complexity index is 171. The highest BCUT2D eigenvalue weighted by atomic mass is 16.4. The molecular weight excluding hydrogens is 136 g/mol. The van der Waals surface area contributed by atoms with Gasteiger partial charge in [0.2, 0.25) is 0 Å². The van der Waals surface area contributed by atoms with Crippen molar-refractivity contribution in [2.75, 3.05) is 0 Å². The molecule has 10 heavy (non-hydrogen) atoms. The van der Waals surface area contributed by atoms with Gasteiger partial charge >= 0.3 is 5.97 Å². The summed E-state index contributed by atoms with van der Waals surface area (Å²) >= 11 is 0. The second kappa shape index (κ2) is 3.79. The molecule has 1 unspecified atom stereocenters. The van der Waals surface area contributed by atoms with Gasteiger partial charge in [-0.2, -0.15) is 0 Å². The van der Waals surface area contributed by atoms with E-state index in [1.165, 1.54) is 6.92 Å². The summed E-state index contributed by atoms with van der Waals surface area (Å²) in [6, 6.07) is 0. The number of aliphatic carboxylic acids is 1. The van der Waals surface area contributed by atoms with Crippen LogP contribution in [0.3, 0.4) is 0 Å². The average molecular weight is 144 g/mol. The molecule has 0 rings (SSSR count). The zero-order valence-electron chi connectivity index (χ0n) is 5.44. The zero-order chi connectivity index (χ0) is 8.15. The monoisotopic (exact) mass is 144 g/mol. The van der Waals surface area contributed by atoms with Gasteiger partial charge in [0.25, 0.3) is 0 Å². The number of hydrogen-bond acceptors (Lipinski definition) is 3. The SMILES string of the molecule is CC(=CC(O)C=O)C(=O)O. The second-order valence-corrected chi connectivity index (χ2v) is 1.78. The van der Waals surface area contributed by atoms with Crippen LogP contribution in [-0.2, 0) is 9.59 Å². The molecule has 0 saturated carbocycles. The molecule has 1 atom stereocenters. The van der Waals surface area contributed by atoms with Crippen molar-refractivity contribution in [3.8, 4) is 0 Å². The number of carboxylic acids is 1. The smallest absolute Gasteiger partial charge is 0.331 e. The minimum absolute atomic E-state index is 0.0420. The van der Waals surface area contributed by atoms with E-state index in [9.17, 15) is 9.59 Å². The largest absolute Gasteiger partial charge is 0.478 e. The number of aliphatic hydroxyl groups is 1. The first-order valence-electron chi connectivity index (χ1n) is 2.63. The highest BCUT2D eigenvalue weighted by molar-refractivity contribution is 5.86. The first kappa shape index (κ1) is 8.84. The lowest BCUT2D eigenvalue weighted by Crippen LogP contribution is -2.07. The molecule has 0 fully saturated rings. The number of carbonyl (C=O) groups excluding carboxylic acids is 1. The van der Waals surface area contributed by atoms with Gasteiger partial charge in [-0.05, 0) is 13.0 Å². The molecule has 0 aliphatic heterocycles. The number of aliphatic hydroxyl groups excluding tert-OH is 1. The Morgan fingerprint density at radius 2 is 2.10 bits per heavy atom. The molecule has 0 aromatic carbocycles. The topological polar surface area (TPSA) is 74.6 Å². The molecule has 0 aliphatic carbocycles. The fraction of sp³-hybridized carbons (Fsp3) is 0.333. The van der Waals surface area contributed by atoms with Crippen LogP contribution in [0.5, 0.6) is 0 Å². The normalized spacial score (nSPS) is 14.4. The van der Waals surface area contributed by atoms with Crippen molar-refractivity contribution in [2.45, 2.75) is 13.0 Å². The maximum absolute atomic E-state index is 10.1. The van der Waals surface area contributed by atoms with E-state index in [0.717, 1.165) is 6.08 Å². The van der Waals surface area contributed by atoms with Crippen LogP contribution in [0.1, 0.15) is 6.92 Å². The predicted octanol–water partition coefficient (Wildman–Crippen LogP) is -0.423. The quantitative estimate of drug-likeness (QED) is 0.416. The standard InChI is InChI=1S/C6H8O4/c1-4(6(9)10)2-5(8)3-7/h2-3,5,8H,1H3,(H,9,10). The lowest BCUT2D eigenvalue weighted by Gasteiger charge is -1.94. The molecule has 56 valence electrons. The van der Waals surface area contributed by atoms with Gasteiger partial charge in [0.05, 0.1) is 0 Å². The Morgan fingerprint density at radius 3 is 2.40 bits per heavy atom. The van der Waals surface area contributed by atoms with E-state index in [2.05, 4.69) is 0 Å². The van der Waals surface area contributed by atoms with Crippen molar-refractivity contribution in [1.82, 2.24) is 0 Å². The third-order valence-electron chi connectivity index (χ3n) is 0.898. The molecule has 0 saturated heterocycles. The third kappa shape index (κ3) is 2.99. The molecule has 0 heterocycles. The molecule has 0 amide bonds. The molecule has 0 spiro atoms. The first-order valence-corrected chi connectivity index (χ1v) is 2.63. The zero-order valence-corrected chi connectivity index (χ0v) is 5.44. The summed E-state index contributed by atoms with van der Waals surface area (Å²) in [6.07, 6.45) is -0.0852. The molecule has 4 heteroatoms. The van der Waals surface area contributed by atoms with Crippen LogP contribution in [0.4, 0.5) is 0 Å². The lowest BCUT2D eigenvalue weighted by atomic mass is 10.2. The van der Waals surface area contributed by atoms with Crippen molar-refractivity contribution in [1.29, 1.82) is 0 Å². The summed E-state index contributed by atoms with van der Waals surface area (Å²) < 4.78 is 0. The number of aldehydes is 1. The maximum atomic E-state index is 10.1. The Hall–Kier alpha value is -1.16. The number of carbonyl (C=O) groups is 2. The number of hydrogen-bond donors (Lipinski definition) is 2.